The van der Waals surface area contributed by atoms with Crippen LogP contribution in [0.1, 0.15) is 27.8 Å². The zero-order valence-corrected chi connectivity index (χ0v) is 14.4. The number of aliphatic hydroxyl groups is 2. The van der Waals surface area contributed by atoms with Crippen LogP contribution in [0.2, 0.25) is 0 Å². The number of nitrogens with one attached hydrogen (secondary N) is 1. The fourth-order valence-electron chi connectivity index (χ4n) is 2.36. The Kier molecular flexibility index (Phi) is 6.16. The van der Waals surface area contributed by atoms with Crippen LogP contribution in [0.15, 0.2) is 17.1 Å². The number of nitrogens with two attached hydrogens (primary N) is 1. The predicted molar refractivity (Wildman–Crippen MR) is 88.2 cm³/mol. The van der Waals surface area contributed by atoms with Crippen molar-refractivity contribution in [3.05, 3.63) is 22.7 Å². The number of nitrogens with zero attached hydrogens (tertiary/aromatic N) is 2. The Hall–Kier alpha value is -2.05. The molecule has 1 aromatic rings. The lowest BCUT2D eigenvalue weighted by Crippen LogP contribution is -2.41. The van der Waals surface area contributed by atoms with Gasteiger partial charge in [0.15, 0.2) is 12.0 Å². The molecule has 1 fully saturated rings. The van der Waals surface area contributed by atoms with Gasteiger partial charge in [0.2, 0.25) is 0 Å². The third-order valence-corrected chi connectivity index (χ3v) is 4.30. The minimum absolute atomic E-state index is 0.115. The lowest BCUT2D eigenvalue weighted by Gasteiger charge is -2.19. The van der Waals surface area contributed by atoms with Crippen LogP contribution < -0.4 is 16.9 Å². The van der Waals surface area contributed by atoms with Crippen LogP contribution in [0.4, 0.5) is 5.82 Å². The Labute approximate surface area is 150 Å². The van der Waals surface area contributed by atoms with Crippen LogP contribution in [0.3, 0.4) is 0 Å². The Morgan fingerprint density at radius 1 is 1.58 bits per heavy atom. The van der Waals surface area contributed by atoms with Crippen molar-refractivity contribution in [3.8, 4) is 0 Å². The van der Waals surface area contributed by atoms with Crippen molar-refractivity contribution in [1.82, 2.24) is 9.55 Å². The topological polar surface area (TPSA) is 169 Å². The maximum absolute atomic E-state index is 12.0. The van der Waals surface area contributed by atoms with Crippen molar-refractivity contribution < 1.29 is 31.1 Å². The fraction of sp³-hybridized carbons (Fsp3) is 0.667. The first-order chi connectivity index (χ1) is 12.7. The van der Waals surface area contributed by atoms with Crippen LogP contribution in [-0.2, 0) is 14.3 Å². The first kappa shape index (κ1) is 18.7. The summed E-state index contributed by atoms with van der Waals surface area (Å²) in [4.78, 5) is 27.4. The molecule has 0 radical (unpaired) electrons. The van der Waals surface area contributed by atoms with E-state index in [-0.39, 0.29) is 11.7 Å². The summed E-state index contributed by atoms with van der Waals surface area (Å²) in [6.45, 7) is 3.20. The van der Waals surface area contributed by atoms with Crippen molar-refractivity contribution in [2.45, 2.75) is 50.8 Å². The lowest BCUT2D eigenvalue weighted by atomic mass is 10.0. The van der Waals surface area contributed by atoms with Crippen LogP contribution in [0, 0.1) is 5.92 Å². The van der Waals surface area contributed by atoms with E-state index < -0.39 is 48.8 Å². The van der Waals surface area contributed by atoms with Gasteiger partial charge in [0, 0.05) is 6.20 Å². The summed E-state index contributed by atoms with van der Waals surface area (Å²) in [5.74, 6) is -0.984. The van der Waals surface area contributed by atoms with Gasteiger partial charge in [-0.1, -0.05) is 20.3 Å². The van der Waals surface area contributed by atoms with Crippen molar-refractivity contribution in [2.75, 3.05) is 12.1 Å². The molecule has 2 rings (SSSR count). The molecule has 146 valence electrons. The molecule has 11 nitrogen and oxygen atoms in total. The lowest BCUT2D eigenvalue weighted by molar-refractivity contribution is -0.153. The molecule has 1 aliphatic rings. The first-order valence-corrected chi connectivity index (χ1v) is 8.12. The van der Waals surface area contributed by atoms with Gasteiger partial charge >= 0.3 is 11.7 Å². The zero-order valence-electron chi connectivity index (χ0n) is 15.4. The number of aliphatic hydroxyl groups excluding tert-OH is 2. The molecule has 6 atom stereocenters. The summed E-state index contributed by atoms with van der Waals surface area (Å²) >= 11 is 0. The summed E-state index contributed by atoms with van der Waals surface area (Å²) in [7, 11) is 0. The average Bonchev–Trinajstić information content (AvgIpc) is 2.88. The van der Waals surface area contributed by atoms with Gasteiger partial charge in [-0.15, -0.1) is 0 Å². The van der Waals surface area contributed by atoms with E-state index in [4.69, 9.17) is 21.8 Å². The van der Waals surface area contributed by atoms with Crippen molar-refractivity contribution in [2.24, 2.45) is 11.7 Å². The Balaban J connectivity index is 2.13. The van der Waals surface area contributed by atoms with E-state index in [9.17, 15) is 19.8 Å². The summed E-state index contributed by atoms with van der Waals surface area (Å²) in [6.07, 6.45) is -5.35. The van der Waals surface area contributed by atoms with Crippen LogP contribution in [-0.4, -0.2) is 61.9 Å². The van der Waals surface area contributed by atoms with Gasteiger partial charge in [-0.3, -0.25) is 20.0 Å². The molecule has 6 N–H and O–H groups in total. The molecule has 0 unspecified atom stereocenters. The highest BCUT2D eigenvalue weighted by atomic mass is 16.6. The second-order valence-corrected chi connectivity index (χ2v) is 6.05. The molecule has 1 aromatic heterocycles. The number of carbonyl (C=O) groups excluding carboxylic acids is 1. The quantitative estimate of drug-likeness (QED) is 0.282. The highest BCUT2D eigenvalue weighted by Crippen LogP contribution is 2.28. The first-order valence-electron chi connectivity index (χ1n) is 8.62. The Bertz CT molecular complexity index is 732. The largest absolute Gasteiger partial charge is 0.462 e. The number of esters is 1. The van der Waals surface area contributed by atoms with E-state index in [0.29, 0.717) is 11.0 Å². The third-order valence-electron chi connectivity index (χ3n) is 4.30. The molecule has 1 saturated heterocycles. The van der Waals surface area contributed by atoms with Gasteiger partial charge in [-0.25, -0.2) is 4.79 Å². The zero-order chi connectivity index (χ0) is 20.4. The number of hydrogen-bond donors (Lipinski definition) is 5. The fourth-order valence-corrected chi connectivity index (χ4v) is 2.36. The van der Waals surface area contributed by atoms with Gasteiger partial charge in [0.25, 0.3) is 0 Å². The van der Waals surface area contributed by atoms with E-state index in [0.717, 1.165) is 6.20 Å². The number of rotatable bonds is 7. The van der Waals surface area contributed by atoms with Crippen molar-refractivity contribution in [1.29, 1.82) is 0 Å². The minimum atomic E-state index is -2.40. The molecule has 0 aromatic carbocycles. The molecule has 0 spiro atoms. The van der Waals surface area contributed by atoms with Gasteiger partial charge in [-0.05, 0) is 12.0 Å². The monoisotopic (exact) mass is 373 g/mol. The Morgan fingerprint density at radius 2 is 2.27 bits per heavy atom. The van der Waals surface area contributed by atoms with Gasteiger partial charge in [0.1, 0.15) is 31.0 Å². The highest BCUT2D eigenvalue weighted by Gasteiger charge is 2.45. The molecule has 1 aliphatic heterocycles. The maximum atomic E-state index is 12.0. The third kappa shape index (κ3) is 4.19. The van der Waals surface area contributed by atoms with E-state index >= 15 is 0 Å². The molecular weight excluding hydrogens is 348 g/mol. The SMILES string of the molecule is [2H][C@@]1(n2ccc(NO)nc2=O)O[C@H](COC(=O)[C@@H](N)[C@@H](C)CC)[C@@H](O)[C@H]1O. The molecule has 0 saturated carbocycles. The maximum Gasteiger partial charge on any atom is 0.351 e. The van der Waals surface area contributed by atoms with Crippen LogP contribution >= 0.6 is 0 Å². The molecule has 11 heteroatoms. The average molecular weight is 373 g/mol. The number of aromatic nitrogens is 2. The predicted octanol–water partition coefficient (Wildman–Crippen LogP) is -1.42. The summed E-state index contributed by atoms with van der Waals surface area (Å²) in [6, 6.07) is 0.308. The molecule has 2 heterocycles. The molecule has 0 bridgehead atoms. The standard InChI is InChI=1S/C15H24N4O7/c1-3-7(2)10(16)14(22)25-6-8-11(20)12(21)13(26-8)19-5-4-9(18-24)17-15(19)23/h4-5,7-8,10-13,20-21,24H,3,6,16H2,1-2H3,(H,17,18,23)/t7-,8+,10-,11+,12+,13+/m0/s1/i13D. The van der Waals surface area contributed by atoms with E-state index in [1.165, 1.54) is 6.07 Å². The second kappa shape index (κ2) is 8.56. The van der Waals surface area contributed by atoms with Crippen molar-refractivity contribution >= 4 is 11.8 Å². The van der Waals surface area contributed by atoms with E-state index in [2.05, 4.69) is 4.98 Å². The molecular formula is C15H24N4O7. The van der Waals surface area contributed by atoms with Crippen LogP contribution in [0.5, 0.6) is 0 Å². The molecule has 26 heavy (non-hydrogen) atoms. The van der Waals surface area contributed by atoms with E-state index in [1.807, 2.05) is 6.92 Å². The number of hydrogen-bond acceptors (Lipinski definition) is 10. The van der Waals surface area contributed by atoms with Gasteiger partial charge < -0.3 is 25.4 Å². The molecule has 0 aliphatic carbocycles. The van der Waals surface area contributed by atoms with Crippen LogP contribution in [0.25, 0.3) is 0 Å². The number of ether oxygens (including phenoxy) is 2. The number of carbonyl (C=O) groups is 1. The number of anilines is 1. The summed E-state index contributed by atoms with van der Waals surface area (Å²) in [5, 5.41) is 29.1. The smallest absolute Gasteiger partial charge is 0.351 e. The normalized spacial score (nSPS) is 31.2. The Morgan fingerprint density at radius 3 is 2.85 bits per heavy atom. The highest BCUT2D eigenvalue weighted by molar-refractivity contribution is 5.75. The van der Waals surface area contributed by atoms with E-state index in [1.54, 1.807) is 12.4 Å². The summed E-state index contributed by atoms with van der Waals surface area (Å²) in [5.41, 5.74) is 6.43. The van der Waals surface area contributed by atoms with Crippen molar-refractivity contribution in [3.63, 3.8) is 0 Å². The summed E-state index contributed by atoms with van der Waals surface area (Å²) < 4.78 is 19.3. The van der Waals surface area contributed by atoms with Gasteiger partial charge in [-0.2, -0.15) is 4.98 Å². The minimum Gasteiger partial charge on any atom is -0.462 e. The molecule has 0 amide bonds. The second-order valence-electron chi connectivity index (χ2n) is 6.05. The van der Waals surface area contributed by atoms with Gasteiger partial charge in [0.05, 0.1) is 1.37 Å².